The molecule has 0 aliphatic carbocycles. The molecule has 0 aromatic rings. The first-order chi connectivity index (χ1) is 4.81. The first-order valence-electron chi connectivity index (χ1n) is 3.13. The largest absolute Gasteiger partial charge is 0.379 e. The van der Waals surface area contributed by atoms with Crippen LogP contribution in [0.25, 0.3) is 0 Å². The summed E-state index contributed by atoms with van der Waals surface area (Å²) in [4.78, 5) is 3.99. The van der Waals surface area contributed by atoms with Crippen molar-refractivity contribution >= 4 is 16.9 Å². The Balaban J connectivity index is 3.45. The molecule has 0 fully saturated rings. The third-order valence-electron chi connectivity index (χ3n) is 0.783. The molecule has 0 spiro atoms. The zero-order valence-electron chi connectivity index (χ0n) is 6.35. The Bertz CT molecular complexity index is 164. The molecule has 3 heteroatoms. The van der Waals surface area contributed by atoms with E-state index < -0.39 is 0 Å². The highest BCUT2D eigenvalue weighted by atomic mass is 32.2. The summed E-state index contributed by atoms with van der Waals surface area (Å²) >= 11 is 1.48. The third kappa shape index (κ3) is 5.52. The fourth-order valence-electron chi connectivity index (χ4n) is 0.384. The summed E-state index contributed by atoms with van der Waals surface area (Å²) in [6.07, 6.45) is 0. The summed E-state index contributed by atoms with van der Waals surface area (Å²) in [6.45, 7) is 4.52. The van der Waals surface area contributed by atoms with Gasteiger partial charge in [0.2, 0.25) is 0 Å². The molecule has 10 heavy (non-hydrogen) atoms. The van der Waals surface area contributed by atoms with Gasteiger partial charge in [-0.2, -0.15) is 0 Å². The van der Waals surface area contributed by atoms with E-state index in [9.17, 15) is 0 Å². The quantitative estimate of drug-likeness (QED) is 0.369. The highest BCUT2D eigenvalue weighted by Crippen LogP contribution is 1.96. The molecule has 0 amide bonds. The zero-order chi connectivity index (χ0) is 7.82. The van der Waals surface area contributed by atoms with Crippen molar-refractivity contribution in [1.29, 1.82) is 0 Å². The summed E-state index contributed by atoms with van der Waals surface area (Å²) < 4.78 is 0. The Morgan fingerprint density at radius 2 is 2.40 bits per heavy atom. The lowest BCUT2D eigenvalue weighted by Gasteiger charge is -1.92. The molecule has 0 aromatic carbocycles. The molecule has 0 saturated carbocycles. The van der Waals surface area contributed by atoms with Gasteiger partial charge < -0.3 is 5.73 Å². The van der Waals surface area contributed by atoms with Crippen molar-refractivity contribution in [3.63, 3.8) is 0 Å². The molecule has 2 N–H and O–H groups in total. The number of hydrogen-bond donors (Lipinski definition) is 1. The van der Waals surface area contributed by atoms with E-state index in [1.54, 1.807) is 0 Å². The SMILES string of the molecule is CC#CCSC(N)=NCC. The number of thioether (sulfide) groups is 1. The van der Waals surface area contributed by atoms with Crippen molar-refractivity contribution in [1.82, 2.24) is 0 Å². The van der Waals surface area contributed by atoms with E-state index in [4.69, 9.17) is 5.73 Å². The molecule has 0 aromatic heterocycles. The van der Waals surface area contributed by atoms with Gasteiger partial charge in [-0.1, -0.05) is 17.7 Å². The molecular formula is C7H12N2S. The maximum Gasteiger partial charge on any atom is 0.154 e. The monoisotopic (exact) mass is 156 g/mol. The molecule has 2 nitrogen and oxygen atoms in total. The summed E-state index contributed by atoms with van der Waals surface area (Å²) in [6, 6.07) is 0. The Hall–Kier alpha value is -0.620. The lowest BCUT2D eigenvalue weighted by atomic mass is 10.7. The fraction of sp³-hybridized carbons (Fsp3) is 0.571. The average molecular weight is 156 g/mol. The van der Waals surface area contributed by atoms with E-state index in [1.165, 1.54) is 11.8 Å². The van der Waals surface area contributed by atoms with Crippen LogP contribution >= 0.6 is 11.8 Å². The summed E-state index contributed by atoms with van der Waals surface area (Å²) in [7, 11) is 0. The molecule has 0 rings (SSSR count). The molecular weight excluding hydrogens is 144 g/mol. The van der Waals surface area contributed by atoms with Crippen molar-refractivity contribution < 1.29 is 0 Å². The normalized spacial score (nSPS) is 10.4. The van der Waals surface area contributed by atoms with Crippen LogP contribution in [0.1, 0.15) is 13.8 Å². The average Bonchev–Trinajstić information content (AvgIpc) is 1.89. The van der Waals surface area contributed by atoms with Gasteiger partial charge in [0.1, 0.15) is 0 Å². The molecule has 0 aliphatic heterocycles. The second-order valence-corrected chi connectivity index (χ2v) is 2.52. The van der Waals surface area contributed by atoms with Gasteiger partial charge in [0.05, 0.1) is 5.75 Å². The summed E-state index contributed by atoms with van der Waals surface area (Å²) in [5.74, 6) is 6.42. The minimum absolute atomic E-state index is 0.630. The molecule has 0 saturated heterocycles. The lowest BCUT2D eigenvalue weighted by molar-refractivity contribution is 1.13. The first-order valence-corrected chi connectivity index (χ1v) is 4.12. The van der Waals surface area contributed by atoms with Gasteiger partial charge in [-0.15, -0.1) is 5.92 Å². The van der Waals surface area contributed by atoms with Crippen molar-refractivity contribution in [2.75, 3.05) is 12.3 Å². The van der Waals surface area contributed by atoms with E-state index in [1.807, 2.05) is 13.8 Å². The molecule has 0 bridgehead atoms. The van der Waals surface area contributed by atoms with Crippen LogP contribution in [0.15, 0.2) is 4.99 Å². The second kappa shape index (κ2) is 6.50. The fourth-order valence-corrected chi connectivity index (χ4v) is 0.968. The van der Waals surface area contributed by atoms with Crippen LogP contribution in [0.3, 0.4) is 0 Å². The highest BCUT2D eigenvalue weighted by molar-refractivity contribution is 8.13. The van der Waals surface area contributed by atoms with Crippen LogP contribution in [0.5, 0.6) is 0 Å². The first kappa shape index (κ1) is 9.38. The number of amidine groups is 1. The van der Waals surface area contributed by atoms with Crippen LogP contribution in [0, 0.1) is 11.8 Å². The molecule has 0 radical (unpaired) electrons. The molecule has 0 atom stereocenters. The third-order valence-corrected chi connectivity index (χ3v) is 1.50. The topological polar surface area (TPSA) is 38.4 Å². The number of nitrogens with zero attached hydrogens (tertiary/aromatic N) is 1. The van der Waals surface area contributed by atoms with Gasteiger partial charge in [-0.25, -0.2) is 0 Å². The molecule has 0 heterocycles. The van der Waals surface area contributed by atoms with Gasteiger partial charge in [0.15, 0.2) is 5.17 Å². The van der Waals surface area contributed by atoms with Crippen molar-refractivity contribution in [2.45, 2.75) is 13.8 Å². The predicted molar refractivity (Wildman–Crippen MR) is 48.1 cm³/mol. The van der Waals surface area contributed by atoms with Crippen molar-refractivity contribution in [3.05, 3.63) is 0 Å². The van der Waals surface area contributed by atoms with Crippen molar-refractivity contribution in [3.8, 4) is 11.8 Å². The van der Waals surface area contributed by atoms with Gasteiger partial charge in [-0.05, 0) is 13.8 Å². The Labute approximate surface area is 66.3 Å². The van der Waals surface area contributed by atoms with E-state index in [0.717, 1.165) is 12.3 Å². The number of aliphatic imine (C=N–C) groups is 1. The van der Waals surface area contributed by atoms with Gasteiger partial charge >= 0.3 is 0 Å². The number of nitrogens with two attached hydrogens (primary N) is 1. The number of rotatable bonds is 2. The van der Waals surface area contributed by atoms with Gasteiger partial charge in [0, 0.05) is 6.54 Å². The van der Waals surface area contributed by atoms with Gasteiger partial charge in [-0.3, -0.25) is 4.99 Å². The Morgan fingerprint density at radius 1 is 1.70 bits per heavy atom. The van der Waals surface area contributed by atoms with Crippen molar-refractivity contribution in [2.24, 2.45) is 10.7 Å². The minimum Gasteiger partial charge on any atom is -0.379 e. The minimum atomic E-state index is 0.630. The van der Waals surface area contributed by atoms with Crippen LogP contribution in [-0.2, 0) is 0 Å². The highest BCUT2D eigenvalue weighted by Gasteiger charge is 1.87. The van der Waals surface area contributed by atoms with Crippen LogP contribution in [0.4, 0.5) is 0 Å². The van der Waals surface area contributed by atoms with Gasteiger partial charge in [0.25, 0.3) is 0 Å². The summed E-state index contributed by atoms with van der Waals surface area (Å²) in [5.41, 5.74) is 5.47. The number of hydrogen-bond acceptors (Lipinski definition) is 2. The zero-order valence-corrected chi connectivity index (χ0v) is 7.16. The standard InChI is InChI=1S/C7H12N2S/c1-3-5-6-10-7(8)9-4-2/h4,6H2,1-2H3,(H2,8,9). The molecule has 0 unspecified atom stereocenters. The second-order valence-electron chi connectivity index (χ2n) is 1.53. The lowest BCUT2D eigenvalue weighted by Crippen LogP contribution is -2.07. The van der Waals surface area contributed by atoms with Crippen LogP contribution in [-0.4, -0.2) is 17.5 Å². The Morgan fingerprint density at radius 3 is 2.90 bits per heavy atom. The van der Waals surface area contributed by atoms with Crippen LogP contribution in [0.2, 0.25) is 0 Å². The molecule has 0 aliphatic rings. The van der Waals surface area contributed by atoms with E-state index in [0.29, 0.717) is 5.17 Å². The maximum absolute atomic E-state index is 5.47. The molecule has 56 valence electrons. The summed E-state index contributed by atoms with van der Waals surface area (Å²) in [5, 5.41) is 0.630. The smallest absolute Gasteiger partial charge is 0.154 e. The van der Waals surface area contributed by atoms with E-state index in [2.05, 4.69) is 16.8 Å². The maximum atomic E-state index is 5.47. The van der Waals surface area contributed by atoms with E-state index in [-0.39, 0.29) is 0 Å². The van der Waals surface area contributed by atoms with E-state index >= 15 is 0 Å². The Kier molecular flexibility index (Phi) is 6.10. The predicted octanol–water partition coefficient (Wildman–Crippen LogP) is 1.08. The van der Waals surface area contributed by atoms with Crippen LogP contribution < -0.4 is 5.73 Å².